The number of halogens is 1. The maximum absolute atomic E-state index is 12.8. The molecule has 120 valence electrons. The minimum absolute atomic E-state index is 0.151. The van der Waals surface area contributed by atoms with Crippen molar-refractivity contribution in [2.24, 2.45) is 0 Å². The van der Waals surface area contributed by atoms with Gasteiger partial charge in [-0.15, -0.1) is 0 Å². The molecule has 0 saturated carbocycles. The van der Waals surface area contributed by atoms with Crippen molar-refractivity contribution in [3.8, 4) is 11.3 Å². The van der Waals surface area contributed by atoms with E-state index in [9.17, 15) is 4.79 Å². The number of nitrogens with zero attached hydrogens (tertiary/aromatic N) is 2. The normalized spacial score (nSPS) is 13.2. The van der Waals surface area contributed by atoms with E-state index in [0.29, 0.717) is 12.2 Å². The van der Waals surface area contributed by atoms with E-state index < -0.39 is 0 Å². The van der Waals surface area contributed by atoms with Gasteiger partial charge in [0.1, 0.15) is 5.69 Å². The molecule has 0 spiro atoms. The van der Waals surface area contributed by atoms with Crippen LogP contribution in [0.25, 0.3) is 11.3 Å². The zero-order valence-corrected chi connectivity index (χ0v) is 14.7. The van der Waals surface area contributed by atoms with Gasteiger partial charge in [-0.05, 0) is 37.1 Å². The summed E-state index contributed by atoms with van der Waals surface area (Å²) in [6, 6.07) is 15.7. The highest BCUT2D eigenvalue weighted by atomic mass is 79.9. The van der Waals surface area contributed by atoms with Gasteiger partial charge in [-0.3, -0.25) is 4.79 Å². The lowest BCUT2D eigenvalue weighted by atomic mass is 10.1. The summed E-state index contributed by atoms with van der Waals surface area (Å²) >= 11 is 3.47. The number of aryl methyl sites for hydroxylation is 1. The van der Waals surface area contributed by atoms with Crippen molar-refractivity contribution in [1.29, 1.82) is 0 Å². The molecule has 24 heavy (non-hydrogen) atoms. The van der Waals surface area contributed by atoms with Crippen molar-refractivity contribution in [2.75, 3.05) is 11.4 Å². The maximum Gasteiger partial charge on any atom is 0.296 e. The van der Waals surface area contributed by atoms with Gasteiger partial charge >= 0.3 is 0 Å². The second kappa shape index (κ2) is 5.91. The van der Waals surface area contributed by atoms with Crippen LogP contribution in [0, 0.1) is 6.92 Å². The first-order valence-electron chi connectivity index (χ1n) is 7.76. The number of hydrogen-bond donors (Lipinski definition) is 0. The summed E-state index contributed by atoms with van der Waals surface area (Å²) in [6.45, 7) is 2.69. The molecular formula is C19H15BrN2O2. The number of aromatic nitrogens is 1. The second-order valence-corrected chi connectivity index (χ2v) is 6.84. The molecule has 5 heteroatoms. The number of fused-ring (bicyclic) bond motifs is 1. The Morgan fingerprint density at radius 2 is 1.96 bits per heavy atom. The van der Waals surface area contributed by atoms with Crippen molar-refractivity contribution in [3.63, 3.8) is 0 Å². The van der Waals surface area contributed by atoms with Crippen molar-refractivity contribution in [1.82, 2.24) is 5.16 Å². The standard InChI is InChI=1S/C19H15BrN2O2/c1-12-2-4-13(5-3-12)16-11-18(24-21-16)19(23)22-9-8-14-10-15(20)6-7-17(14)22/h2-7,10-11H,8-9H2,1H3. The van der Waals surface area contributed by atoms with Crippen LogP contribution in [0.4, 0.5) is 5.69 Å². The molecule has 1 aromatic heterocycles. The predicted molar refractivity (Wildman–Crippen MR) is 96.2 cm³/mol. The highest BCUT2D eigenvalue weighted by Gasteiger charge is 2.28. The molecule has 0 radical (unpaired) electrons. The van der Waals surface area contributed by atoms with E-state index in [2.05, 4.69) is 27.2 Å². The Labute approximate surface area is 148 Å². The highest BCUT2D eigenvalue weighted by molar-refractivity contribution is 9.10. The van der Waals surface area contributed by atoms with Gasteiger partial charge in [0.15, 0.2) is 0 Å². The van der Waals surface area contributed by atoms with Crippen molar-refractivity contribution in [2.45, 2.75) is 13.3 Å². The molecule has 3 aromatic rings. The maximum atomic E-state index is 12.8. The fourth-order valence-corrected chi connectivity index (χ4v) is 3.36. The molecule has 0 aliphatic carbocycles. The average molecular weight is 383 g/mol. The fraction of sp³-hybridized carbons (Fsp3) is 0.158. The van der Waals surface area contributed by atoms with E-state index in [1.807, 2.05) is 43.3 Å². The molecule has 0 fully saturated rings. The minimum Gasteiger partial charge on any atom is -0.350 e. The van der Waals surface area contributed by atoms with Gasteiger partial charge in [0.2, 0.25) is 5.76 Å². The summed E-state index contributed by atoms with van der Waals surface area (Å²) in [4.78, 5) is 14.5. The monoisotopic (exact) mass is 382 g/mol. The first-order valence-corrected chi connectivity index (χ1v) is 8.55. The molecule has 0 saturated heterocycles. The molecule has 0 bridgehead atoms. The number of carbonyl (C=O) groups excluding carboxylic acids is 1. The van der Waals surface area contributed by atoms with E-state index in [4.69, 9.17) is 4.52 Å². The number of rotatable bonds is 2. The van der Waals surface area contributed by atoms with Crippen molar-refractivity contribution >= 4 is 27.5 Å². The molecular weight excluding hydrogens is 368 g/mol. The Balaban J connectivity index is 1.62. The molecule has 1 aliphatic rings. The Bertz CT molecular complexity index is 915. The second-order valence-electron chi connectivity index (χ2n) is 5.92. The third-order valence-electron chi connectivity index (χ3n) is 4.25. The Morgan fingerprint density at radius 1 is 1.17 bits per heavy atom. The molecule has 2 aromatic carbocycles. The molecule has 0 atom stereocenters. The number of hydrogen-bond acceptors (Lipinski definition) is 3. The summed E-state index contributed by atoms with van der Waals surface area (Å²) in [6.07, 6.45) is 0.847. The number of amides is 1. The highest BCUT2D eigenvalue weighted by Crippen LogP contribution is 2.32. The SMILES string of the molecule is Cc1ccc(-c2cc(C(=O)N3CCc4cc(Br)ccc43)on2)cc1. The van der Waals surface area contributed by atoms with Gasteiger partial charge in [0.25, 0.3) is 5.91 Å². The van der Waals surface area contributed by atoms with E-state index >= 15 is 0 Å². The molecule has 2 heterocycles. The molecule has 1 amide bonds. The lowest BCUT2D eigenvalue weighted by Crippen LogP contribution is -2.28. The van der Waals surface area contributed by atoms with Gasteiger partial charge < -0.3 is 9.42 Å². The third kappa shape index (κ3) is 2.65. The number of anilines is 1. The lowest BCUT2D eigenvalue weighted by molar-refractivity contribution is 0.0954. The molecule has 4 nitrogen and oxygen atoms in total. The van der Waals surface area contributed by atoms with Crippen LogP contribution in [-0.4, -0.2) is 17.6 Å². The van der Waals surface area contributed by atoms with Crippen molar-refractivity contribution < 1.29 is 9.32 Å². The van der Waals surface area contributed by atoms with Crippen molar-refractivity contribution in [3.05, 3.63) is 69.9 Å². The van der Waals surface area contributed by atoms with Crippen LogP contribution >= 0.6 is 15.9 Å². The third-order valence-corrected chi connectivity index (χ3v) is 4.74. The zero-order valence-electron chi connectivity index (χ0n) is 13.1. The van der Waals surface area contributed by atoms with Crippen LogP contribution < -0.4 is 4.90 Å². The smallest absolute Gasteiger partial charge is 0.296 e. The predicted octanol–water partition coefficient (Wildman–Crippen LogP) is 4.62. The van der Waals surface area contributed by atoms with Gasteiger partial charge in [0, 0.05) is 28.3 Å². The Hall–Kier alpha value is -2.40. The topological polar surface area (TPSA) is 46.3 Å². The number of carbonyl (C=O) groups is 1. The Kier molecular flexibility index (Phi) is 3.73. The van der Waals surface area contributed by atoms with Crippen LogP contribution in [0.2, 0.25) is 0 Å². The summed E-state index contributed by atoms with van der Waals surface area (Å²) in [5.41, 5.74) is 4.90. The fourth-order valence-electron chi connectivity index (χ4n) is 2.95. The minimum atomic E-state index is -0.151. The van der Waals surface area contributed by atoms with E-state index in [1.165, 1.54) is 5.56 Å². The Morgan fingerprint density at radius 3 is 2.75 bits per heavy atom. The van der Waals surface area contributed by atoms with Gasteiger partial charge in [-0.2, -0.15) is 0 Å². The quantitative estimate of drug-likeness (QED) is 0.649. The van der Waals surface area contributed by atoms with Crippen LogP contribution in [0.1, 0.15) is 21.7 Å². The molecule has 1 aliphatic heterocycles. The van der Waals surface area contributed by atoms with Gasteiger partial charge in [-0.25, -0.2) is 0 Å². The summed E-state index contributed by atoms with van der Waals surface area (Å²) in [5, 5.41) is 4.05. The van der Waals surface area contributed by atoms with E-state index in [1.54, 1.807) is 11.0 Å². The largest absolute Gasteiger partial charge is 0.350 e. The van der Waals surface area contributed by atoms with E-state index in [-0.39, 0.29) is 11.7 Å². The summed E-state index contributed by atoms with van der Waals surface area (Å²) in [5.74, 6) is 0.114. The molecule has 0 unspecified atom stereocenters. The van der Waals surface area contributed by atoms with Crippen LogP contribution in [-0.2, 0) is 6.42 Å². The van der Waals surface area contributed by atoms with Gasteiger partial charge in [0.05, 0.1) is 0 Å². The number of benzene rings is 2. The van der Waals surface area contributed by atoms with Crippen LogP contribution in [0.3, 0.4) is 0 Å². The van der Waals surface area contributed by atoms with Gasteiger partial charge in [-0.1, -0.05) is 50.9 Å². The first-order chi connectivity index (χ1) is 11.6. The summed E-state index contributed by atoms with van der Waals surface area (Å²) < 4.78 is 6.34. The molecule has 0 N–H and O–H groups in total. The van der Waals surface area contributed by atoms with Crippen LogP contribution in [0.5, 0.6) is 0 Å². The average Bonchev–Trinajstić information content (AvgIpc) is 3.21. The lowest BCUT2D eigenvalue weighted by Gasteiger charge is -2.15. The summed E-state index contributed by atoms with van der Waals surface area (Å²) in [7, 11) is 0. The molecule has 4 rings (SSSR count). The zero-order chi connectivity index (χ0) is 16.7. The van der Waals surface area contributed by atoms with E-state index in [0.717, 1.165) is 27.7 Å². The first kappa shape index (κ1) is 15.1. The van der Waals surface area contributed by atoms with Crippen LogP contribution in [0.15, 0.2) is 57.5 Å².